The fourth-order valence-corrected chi connectivity index (χ4v) is 4.04. The molecule has 0 radical (unpaired) electrons. The van der Waals surface area contributed by atoms with Crippen molar-refractivity contribution in [1.29, 1.82) is 0 Å². The van der Waals surface area contributed by atoms with E-state index in [1.165, 1.54) is 12.1 Å². The number of halogens is 3. The van der Waals surface area contributed by atoms with Crippen LogP contribution in [0.4, 0.5) is 13.2 Å². The van der Waals surface area contributed by atoms with E-state index < -0.39 is 29.8 Å². The highest BCUT2D eigenvalue weighted by molar-refractivity contribution is 5.73. The van der Waals surface area contributed by atoms with Crippen LogP contribution in [0.2, 0.25) is 0 Å². The quantitative estimate of drug-likeness (QED) is 0.811. The minimum atomic E-state index is -4.43. The third-order valence-electron chi connectivity index (χ3n) is 5.43. The molecule has 0 bridgehead atoms. The highest BCUT2D eigenvalue weighted by atomic mass is 19.4. The molecule has 154 valence electrons. The van der Waals surface area contributed by atoms with Crippen molar-refractivity contribution in [2.45, 2.75) is 37.5 Å². The lowest BCUT2D eigenvalue weighted by Gasteiger charge is -2.39. The molecule has 1 N–H and O–H groups in total. The molecule has 0 amide bonds. The van der Waals surface area contributed by atoms with Gasteiger partial charge in [0.1, 0.15) is 6.04 Å². The maximum absolute atomic E-state index is 13.0. The Bertz CT molecular complexity index is 898. The summed E-state index contributed by atoms with van der Waals surface area (Å²) >= 11 is 0. The van der Waals surface area contributed by atoms with E-state index in [1.807, 2.05) is 11.0 Å². The highest BCUT2D eigenvalue weighted by Crippen LogP contribution is 2.40. The molecule has 2 aromatic carbocycles. The van der Waals surface area contributed by atoms with E-state index in [0.717, 1.165) is 30.5 Å². The zero-order valence-corrected chi connectivity index (χ0v) is 15.5. The molecule has 2 aliphatic rings. The Morgan fingerprint density at radius 2 is 1.72 bits per heavy atom. The van der Waals surface area contributed by atoms with E-state index >= 15 is 0 Å². The molecule has 2 unspecified atom stereocenters. The molecule has 2 atom stereocenters. The van der Waals surface area contributed by atoms with E-state index in [2.05, 4.69) is 0 Å². The van der Waals surface area contributed by atoms with Gasteiger partial charge in [0.2, 0.25) is 6.79 Å². The highest BCUT2D eigenvalue weighted by Gasteiger charge is 2.36. The number of rotatable bonds is 4. The largest absolute Gasteiger partial charge is 0.480 e. The van der Waals surface area contributed by atoms with Gasteiger partial charge in [0.15, 0.2) is 11.5 Å². The van der Waals surface area contributed by atoms with Crippen molar-refractivity contribution in [2.75, 3.05) is 13.3 Å². The van der Waals surface area contributed by atoms with Crippen molar-refractivity contribution in [1.82, 2.24) is 4.90 Å². The summed E-state index contributed by atoms with van der Waals surface area (Å²) in [5, 5.41) is 9.72. The summed E-state index contributed by atoms with van der Waals surface area (Å²) in [6.07, 6.45) is -2.31. The summed E-state index contributed by atoms with van der Waals surface area (Å²) < 4.78 is 49.8. The van der Waals surface area contributed by atoms with Crippen molar-refractivity contribution in [2.24, 2.45) is 0 Å². The van der Waals surface area contributed by atoms with E-state index in [4.69, 9.17) is 9.47 Å². The molecule has 0 aliphatic carbocycles. The van der Waals surface area contributed by atoms with Crippen molar-refractivity contribution in [3.05, 3.63) is 59.2 Å². The van der Waals surface area contributed by atoms with Crippen LogP contribution in [0, 0.1) is 0 Å². The number of likely N-dealkylation sites (tertiary alicyclic amines) is 1. The van der Waals surface area contributed by atoms with E-state index in [9.17, 15) is 23.1 Å². The van der Waals surface area contributed by atoms with Crippen molar-refractivity contribution in [3.63, 3.8) is 0 Å². The van der Waals surface area contributed by atoms with Crippen molar-refractivity contribution < 1.29 is 32.5 Å². The van der Waals surface area contributed by atoms with E-state index in [0.29, 0.717) is 30.0 Å². The average Bonchev–Trinajstić information content (AvgIpc) is 3.16. The summed E-state index contributed by atoms with van der Waals surface area (Å²) in [5.74, 6) is 0.207. The minimum Gasteiger partial charge on any atom is -0.480 e. The molecule has 0 aromatic heterocycles. The lowest BCUT2D eigenvalue weighted by atomic mass is 9.91. The Morgan fingerprint density at radius 3 is 2.41 bits per heavy atom. The van der Waals surface area contributed by atoms with Gasteiger partial charge in [-0.2, -0.15) is 13.2 Å². The molecule has 8 heteroatoms. The van der Waals surface area contributed by atoms with Crippen LogP contribution in [0.1, 0.15) is 42.0 Å². The van der Waals surface area contributed by atoms with Crippen LogP contribution in [-0.2, 0) is 11.0 Å². The van der Waals surface area contributed by atoms with Gasteiger partial charge in [-0.1, -0.05) is 24.6 Å². The molecule has 2 aliphatic heterocycles. The molecule has 5 nitrogen and oxygen atoms in total. The van der Waals surface area contributed by atoms with Gasteiger partial charge in [-0.25, -0.2) is 0 Å². The zero-order chi connectivity index (χ0) is 20.6. The topological polar surface area (TPSA) is 59.0 Å². The van der Waals surface area contributed by atoms with Gasteiger partial charge in [-0.15, -0.1) is 0 Å². The van der Waals surface area contributed by atoms with Gasteiger partial charge >= 0.3 is 12.1 Å². The number of ether oxygens (including phenoxy) is 2. The molecule has 4 rings (SSSR count). The van der Waals surface area contributed by atoms with Crippen molar-refractivity contribution in [3.8, 4) is 11.5 Å². The summed E-state index contributed by atoms with van der Waals surface area (Å²) in [6, 6.07) is 9.03. The number of hydrogen-bond acceptors (Lipinski definition) is 4. The second-order valence-electron chi connectivity index (χ2n) is 7.22. The molecule has 1 fully saturated rings. The predicted molar refractivity (Wildman–Crippen MR) is 97.8 cm³/mol. The van der Waals surface area contributed by atoms with Gasteiger partial charge in [-0.05, 0) is 54.8 Å². The van der Waals surface area contributed by atoms with Gasteiger partial charge in [0.05, 0.1) is 11.6 Å². The third kappa shape index (κ3) is 3.89. The molecule has 2 heterocycles. The van der Waals surface area contributed by atoms with Crippen LogP contribution in [0.15, 0.2) is 42.5 Å². The van der Waals surface area contributed by atoms with Crippen molar-refractivity contribution >= 4 is 5.97 Å². The van der Waals surface area contributed by atoms with Crippen LogP contribution in [0.25, 0.3) is 0 Å². The van der Waals surface area contributed by atoms with Gasteiger partial charge in [0, 0.05) is 0 Å². The predicted octanol–water partition coefficient (Wildman–Crippen LogP) is 4.46. The number of carbonyl (C=O) groups is 1. The van der Waals surface area contributed by atoms with Crippen LogP contribution in [0.5, 0.6) is 11.5 Å². The number of benzene rings is 2. The Balaban J connectivity index is 1.77. The zero-order valence-electron chi connectivity index (χ0n) is 15.5. The number of hydrogen-bond donors (Lipinski definition) is 1. The number of piperidine rings is 1. The number of nitrogens with zero attached hydrogens (tertiary/aromatic N) is 1. The average molecular weight is 407 g/mol. The van der Waals surface area contributed by atoms with Crippen LogP contribution in [0.3, 0.4) is 0 Å². The first kappa shape index (κ1) is 19.6. The fraction of sp³-hybridized carbons (Fsp3) is 0.381. The molecule has 0 spiro atoms. The Morgan fingerprint density at radius 1 is 1.03 bits per heavy atom. The van der Waals surface area contributed by atoms with Gasteiger partial charge in [-0.3, -0.25) is 9.69 Å². The number of alkyl halides is 3. The van der Waals surface area contributed by atoms with E-state index in [-0.39, 0.29) is 6.79 Å². The van der Waals surface area contributed by atoms with Crippen LogP contribution < -0.4 is 9.47 Å². The van der Waals surface area contributed by atoms with Gasteiger partial charge in [0.25, 0.3) is 0 Å². The Labute approximate surface area is 165 Å². The number of carboxylic acids is 1. The Kier molecular flexibility index (Phi) is 5.12. The minimum absolute atomic E-state index is 0.102. The molecule has 0 saturated carbocycles. The Hall–Kier alpha value is -2.74. The second kappa shape index (κ2) is 7.59. The van der Waals surface area contributed by atoms with E-state index in [1.54, 1.807) is 12.1 Å². The smallest absolute Gasteiger partial charge is 0.416 e. The first-order valence-electron chi connectivity index (χ1n) is 9.40. The number of carboxylic acid groups (broad SMARTS) is 1. The molecular formula is C21H20F3NO4. The van der Waals surface area contributed by atoms with Gasteiger partial charge < -0.3 is 14.6 Å². The monoisotopic (exact) mass is 407 g/mol. The molecule has 29 heavy (non-hydrogen) atoms. The maximum atomic E-state index is 13.0. The van der Waals surface area contributed by atoms with Crippen LogP contribution in [-0.4, -0.2) is 35.4 Å². The standard InChI is InChI=1S/C21H20F3NO4/c22-21(23,24)15-7-4-13(5-8-15)19(25-10-2-1-3-16(25)20(26)27)14-6-9-17-18(11-14)29-12-28-17/h4-9,11,16,19H,1-3,10,12H2,(H,26,27). The first-order valence-corrected chi connectivity index (χ1v) is 9.40. The lowest BCUT2D eigenvalue weighted by Crippen LogP contribution is -2.46. The normalized spacial score (nSPS) is 20.4. The summed E-state index contributed by atoms with van der Waals surface area (Å²) in [5.41, 5.74) is 0.617. The number of aliphatic carboxylic acids is 1. The fourth-order valence-electron chi connectivity index (χ4n) is 4.04. The molecule has 1 saturated heterocycles. The summed E-state index contributed by atoms with van der Waals surface area (Å²) in [4.78, 5) is 13.7. The SMILES string of the molecule is O=C(O)C1CCCCN1C(c1ccc(C(F)(F)F)cc1)c1ccc2c(c1)OCO2. The molecule has 2 aromatic rings. The van der Waals surface area contributed by atoms with Crippen LogP contribution >= 0.6 is 0 Å². The second-order valence-corrected chi connectivity index (χ2v) is 7.22. The summed E-state index contributed by atoms with van der Waals surface area (Å²) in [7, 11) is 0. The lowest BCUT2D eigenvalue weighted by molar-refractivity contribution is -0.145. The maximum Gasteiger partial charge on any atom is 0.416 e. The first-order chi connectivity index (χ1) is 13.8. The molecular weight excluding hydrogens is 387 g/mol. The number of fused-ring (bicyclic) bond motifs is 1. The summed E-state index contributed by atoms with van der Waals surface area (Å²) in [6.45, 7) is 0.641. The third-order valence-corrected chi connectivity index (χ3v) is 5.43.